The van der Waals surface area contributed by atoms with Crippen LogP contribution in [-0.2, 0) is 10.3 Å². The van der Waals surface area contributed by atoms with Crippen molar-refractivity contribution >= 4 is 23.0 Å². The van der Waals surface area contributed by atoms with Crippen molar-refractivity contribution in [3.63, 3.8) is 0 Å². The number of aryl methyl sites for hydroxylation is 1. The molecule has 0 saturated carbocycles. The minimum atomic E-state index is -1.06. The molecule has 178 valence electrons. The van der Waals surface area contributed by atoms with Crippen molar-refractivity contribution in [2.45, 2.75) is 12.5 Å². The second-order valence-electron chi connectivity index (χ2n) is 9.40. The Morgan fingerprint density at radius 2 is 1.19 bits per heavy atom. The van der Waals surface area contributed by atoms with Gasteiger partial charge in [0.2, 0.25) is 0 Å². The number of hydrogen-bond acceptors (Lipinski definition) is 4. The van der Waals surface area contributed by atoms with Crippen LogP contribution in [0.25, 0.3) is 0 Å². The van der Waals surface area contributed by atoms with E-state index in [2.05, 4.69) is 35.2 Å². The number of fused-ring (bicyclic) bond motifs is 6. The zero-order chi connectivity index (χ0) is 25.0. The first-order chi connectivity index (χ1) is 18.1. The highest BCUT2D eigenvalue weighted by molar-refractivity contribution is 5.97. The molecule has 1 atom stereocenters. The van der Waals surface area contributed by atoms with Crippen molar-refractivity contribution in [1.29, 1.82) is 0 Å². The van der Waals surface area contributed by atoms with E-state index in [1.165, 1.54) is 0 Å². The van der Waals surface area contributed by atoms with Crippen molar-refractivity contribution in [2.24, 2.45) is 0 Å². The van der Waals surface area contributed by atoms with Crippen molar-refractivity contribution in [1.82, 2.24) is 0 Å². The van der Waals surface area contributed by atoms with Crippen LogP contribution < -0.4 is 9.64 Å². The third-order valence-corrected chi connectivity index (χ3v) is 7.14. The lowest BCUT2D eigenvalue weighted by Crippen LogP contribution is -2.33. The van der Waals surface area contributed by atoms with E-state index < -0.39 is 5.60 Å². The van der Waals surface area contributed by atoms with Crippen molar-refractivity contribution in [3.05, 3.63) is 149 Å². The average molecular weight is 482 g/mol. The summed E-state index contributed by atoms with van der Waals surface area (Å²) in [5, 5.41) is 0. The average Bonchev–Trinajstić information content (AvgIpc) is 3.22. The van der Waals surface area contributed by atoms with Gasteiger partial charge in [-0.05, 0) is 61.0 Å². The van der Waals surface area contributed by atoms with E-state index in [0.717, 1.165) is 39.3 Å². The van der Waals surface area contributed by atoms with Crippen LogP contribution in [0.3, 0.4) is 0 Å². The number of nitrogens with zero attached hydrogens (tertiary/aromatic N) is 1. The minimum Gasteiger partial charge on any atom is -0.456 e. The standard InChI is InChI=1S/C33H23NO3/c1-22-16-18-28-30(20-22)36-31-21-25(34(23-10-4-2-5-11-23)24-12-6-3-7-13-24)17-19-29(31)33(28)27-15-9-8-14-26(27)32(35)37-33/h2-21H,1H3. The van der Waals surface area contributed by atoms with Crippen LogP contribution in [0.5, 0.6) is 11.5 Å². The van der Waals surface area contributed by atoms with Crippen LogP contribution in [0.4, 0.5) is 17.1 Å². The molecule has 5 aromatic carbocycles. The molecule has 7 rings (SSSR count). The number of ether oxygens (including phenoxy) is 2. The van der Waals surface area contributed by atoms with Gasteiger partial charge in [-0.1, -0.05) is 66.7 Å². The summed E-state index contributed by atoms with van der Waals surface area (Å²) >= 11 is 0. The van der Waals surface area contributed by atoms with Gasteiger partial charge in [0.1, 0.15) is 11.5 Å². The lowest BCUT2D eigenvalue weighted by atomic mass is 9.77. The summed E-state index contributed by atoms with van der Waals surface area (Å²) in [4.78, 5) is 15.3. The van der Waals surface area contributed by atoms with Crippen LogP contribution in [0, 0.1) is 6.92 Å². The molecule has 0 bridgehead atoms. The number of rotatable bonds is 3. The molecule has 0 aliphatic carbocycles. The van der Waals surface area contributed by atoms with Gasteiger partial charge in [-0.25, -0.2) is 4.79 Å². The lowest BCUT2D eigenvalue weighted by molar-refractivity contribution is 0.0224. The van der Waals surface area contributed by atoms with Crippen LogP contribution in [0.15, 0.2) is 121 Å². The van der Waals surface area contributed by atoms with Gasteiger partial charge in [0.05, 0.1) is 5.56 Å². The molecule has 2 aliphatic rings. The Hall–Kier alpha value is -4.83. The second-order valence-corrected chi connectivity index (χ2v) is 9.40. The Morgan fingerprint density at radius 1 is 0.595 bits per heavy atom. The smallest absolute Gasteiger partial charge is 0.340 e. The summed E-state index contributed by atoms with van der Waals surface area (Å²) in [6.45, 7) is 2.03. The first kappa shape index (κ1) is 21.5. The monoisotopic (exact) mass is 481 g/mol. The number of carbonyl (C=O) groups is 1. The minimum absolute atomic E-state index is 0.325. The molecule has 0 aromatic heterocycles. The predicted octanol–water partition coefficient (Wildman–Crippen LogP) is 8.03. The summed E-state index contributed by atoms with van der Waals surface area (Å²) in [6, 6.07) is 40.3. The topological polar surface area (TPSA) is 38.8 Å². The van der Waals surface area contributed by atoms with E-state index in [0.29, 0.717) is 17.1 Å². The van der Waals surface area contributed by atoms with E-state index >= 15 is 0 Å². The molecular formula is C33H23NO3. The third kappa shape index (κ3) is 3.19. The van der Waals surface area contributed by atoms with Gasteiger partial charge in [0.25, 0.3) is 0 Å². The molecule has 4 nitrogen and oxygen atoms in total. The van der Waals surface area contributed by atoms with Gasteiger partial charge in [-0.3, -0.25) is 0 Å². The molecular weight excluding hydrogens is 458 g/mol. The summed E-state index contributed by atoms with van der Waals surface area (Å²) in [5.41, 5.74) is 6.09. The second kappa shape index (κ2) is 8.10. The van der Waals surface area contributed by atoms with Crippen molar-refractivity contribution < 1.29 is 14.3 Å². The number of para-hydroxylation sites is 2. The van der Waals surface area contributed by atoms with Gasteiger partial charge < -0.3 is 14.4 Å². The maximum absolute atomic E-state index is 13.1. The van der Waals surface area contributed by atoms with Crippen molar-refractivity contribution in [3.8, 4) is 11.5 Å². The fourth-order valence-electron chi connectivity index (χ4n) is 5.51. The number of anilines is 3. The fourth-order valence-corrected chi connectivity index (χ4v) is 5.51. The van der Waals surface area contributed by atoms with Gasteiger partial charge in [0, 0.05) is 39.8 Å². The molecule has 4 heteroatoms. The third-order valence-electron chi connectivity index (χ3n) is 7.14. The highest BCUT2D eigenvalue weighted by Gasteiger charge is 2.53. The Labute approximate surface area is 215 Å². The number of benzene rings is 5. The Balaban J connectivity index is 1.47. The zero-order valence-corrected chi connectivity index (χ0v) is 20.2. The van der Waals surface area contributed by atoms with Gasteiger partial charge in [-0.2, -0.15) is 0 Å². The maximum Gasteiger partial charge on any atom is 0.340 e. The van der Waals surface area contributed by atoms with E-state index in [1.807, 2.05) is 97.9 Å². The van der Waals surface area contributed by atoms with E-state index in [9.17, 15) is 4.79 Å². The molecule has 2 heterocycles. The van der Waals surface area contributed by atoms with E-state index in [-0.39, 0.29) is 5.97 Å². The summed E-state index contributed by atoms with van der Waals surface area (Å²) in [5.74, 6) is 1.03. The number of hydrogen-bond donors (Lipinski definition) is 0. The normalized spacial score (nSPS) is 16.8. The molecule has 0 fully saturated rings. The first-order valence-electron chi connectivity index (χ1n) is 12.3. The van der Waals surface area contributed by atoms with Gasteiger partial charge in [-0.15, -0.1) is 0 Å². The van der Waals surface area contributed by atoms with Crippen LogP contribution in [-0.4, -0.2) is 5.97 Å². The zero-order valence-electron chi connectivity index (χ0n) is 20.2. The van der Waals surface area contributed by atoms with E-state index in [1.54, 1.807) is 0 Å². The molecule has 0 radical (unpaired) electrons. The SMILES string of the molecule is Cc1ccc2c(c1)Oc1cc(N(c3ccccc3)c3ccccc3)ccc1C21OC(=O)c2ccccc21. The molecule has 5 aromatic rings. The van der Waals surface area contributed by atoms with Crippen LogP contribution >= 0.6 is 0 Å². The Kier molecular flexibility index (Phi) is 4.70. The highest BCUT2D eigenvalue weighted by atomic mass is 16.6. The molecule has 37 heavy (non-hydrogen) atoms. The first-order valence-corrected chi connectivity index (χ1v) is 12.3. The van der Waals surface area contributed by atoms with Crippen LogP contribution in [0.2, 0.25) is 0 Å². The predicted molar refractivity (Wildman–Crippen MR) is 144 cm³/mol. The molecule has 0 saturated heterocycles. The fraction of sp³-hybridized carbons (Fsp3) is 0.0606. The Bertz CT molecular complexity index is 1620. The molecule has 1 unspecified atom stereocenters. The number of carbonyl (C=O) groups excluding carboxylic acids is 1. The summed E-state index contributed by atoms with van der Waals surface area (Å²) in [6.07, 6.45) is 0. The molecule has 0 amide bonds. The quantitative estimate of drug-likeness (QED) is 0.245. The van der Waals surface area contributed by atoms with Crippen LogP contribution in [0.1, 0.15) is 32.6 Å². The molecule has 0 N–H and O–H groups in total. The maximum atomic E-state index is 13.1. The highest BCUT2D eigenvalue weighted by Crippen LogP contribution is 2.57. The van der Waals surface area contributed by atoms with Gasteiger partial charge in [0.15, 0.2) is 5.60 Å². The largest absolute Gasteiger partial charge is 0.456 e. The van der Waals surface area contributed by atoms with Gasteiger partial charge >= 0.3 is 5.97 Å². The number of esters is 1. The van der Waals surface area contributed by atoms with Crippen molar-refractivity contribution in [2.75, 3.05) is 4.90 Å². The molecule has 1 spiro atoms. The van der Waals surface area contributed by atoms with E-state index in [4.69, 9.17) is 9.47 Å². The summed E-state index contributed by atoms with van der Waals surface area (Å²) < 4.78 is 12.8. The lowest BCUT2D eigenvalue weighted by Gasteiger charge is -2.37. The Morgan fingerprint density at radius 3 is 1.89 bits per heavy atom. The molecule has 2 aliphatic heterocycles. The summed E-state index contributed by atoms with van der Waals surface area (Å²) in [7, 11) is 0.